The van der Waals surface area contributed by atoms with Gasteiger partial charge >= 0.3 is 0 Å². The van der Waals surface area contributed by atoms with Crippen LogP contribution in [-0.2, 0) is 4.74 Å². The SMILES string of the molecule is NC1CN(c2ccccn2)CCO1. The largest absolute Gasteiger partial charge is 0.360 e. The lowest BCUT2D eigenvalue weighted by Gasteiger charge is -2.31. The van der Waals surface area contributed by atoms with E-state index in [2.05, 4.69) is 9.88 Å². The van der Waals surface area contributed by atoms with Crippen LogP contribution in [-0.4, -0.2) is 30.9 Å². The smallest absolute Gasteiger partial charge is 0.128 e. The van der Waals surface area contributed by atoms with Gasteiger partial charge in [0.1, 0.15) is 12.0 Å². The van der Waals surface area contributed by atoms with Crippen molar-refractivity contribution in [2.45, 2.75) is 6.23 Å². The van der Waals surface area contributed by atoms with E-state index >= 15 is 0 Å². The first-order valence-corrected chi connectivity index (χ1v) is 4.39. The normalized spacial score (nSPS) is 23.2. The predicted octanol–water partition coefficient (Wildman–Crippen LogP) is 0.203. The van der Waals surface area contributed by atoms with Crippen molar-refractivity contribution >= 4 is 5.82 Å². The monoisotopic (exact) mass is 179 g/mol. The number of ether oxygens (including phenoxy) is 1. The molecule has 2 N–H and O–H groups in total. The Bertz CT molecular complexity index is 265. The summed E-state index contributed by atoms with van der Waals surface area (Å²) in [7, 11) is 0. The topological polar surface area (TPSA) is 51.4 Å². The van der Waals surface area contributed by atoms with E-state index in [9.17, 15) is 0 Å². The van der Waals surface area contributed by atoms with Gasteiger partial charge < -0.3 is 15.4 Å². The van der Waals surface area contributed by atoms with Crippen molar-refractivity contribution in [1.29, 1.82) is 0 Å². The van der Waals surface area contributed by atoms with Gasteiger partial charge in [0.05, 0.1) is 13.2 Å². The maximum Gasteiger partial charge on any atom is 0.128 e. The Morgan fingerprint density at radius 1 is 1.54 bits per heavy atom. The van der Waals surface area contributed by atoms with Crippen molar-refractivity contribution in [3.63, 3.8) is 0 Å². The molecule has 1 aromatic heterocycles. The van der Waals surface area contributed by atoms with Gasteiger partial charge in [0.25, 0.3) is 0 Å². The summed E-state index contributed by atoms with van der Waals surface area (Å²) in [6.07, 6.45) is 1.60. The summed E-state index contributed by atoms with van der Waals surface area (Å²) in [5.74, 6) is 0.973. The highest BCUT2D eigenvalue weighted by Crippen LogP contribution is 2.11. The molecule has 0 aromatic carbocycles. The van der Waals surface area contributed by atoms with Gasteiger partial charge in [-0.1, -0.05) is 6.07 Å². The van der Waals surface area contributed by atoms with Crippen LogP contribution in [0.15, 0.2) is 24.4 Å². The van der Waals surface area contributed by atoms with Gasteiger partial charge in [0, 0.05) is 12.7 Å². The van der Waals surface area contributed by atoms with Crippen LogP contribution in [0.5, 0.6) is 0 Å². The standard InChI is InChI=1S/C9H13N3O/c10-8-7-12(5-6-13-8)9-3-1-2-4-11-9/h1-4,8H,5-7,10H2. The van der Waals surface area contributed by atoms with Crippen LogP contribution >= 0.6 is 0 Å². The van der Waals surface area contributed by atoms with Crippen LogP contribution in [0.2, 0.25) is 0 Å². The van der Waals surface area contributed by atoms with Crippen molar-refractivity contribution in [3.8, 4) is 0 Å². The molecule has 4 nitrogen and oxygen atoms in total. The summed E-state index contributed by atoms with van der Waals surface area (Å²) < 4.78 is 5.24. The maximum atomic E-state index is 5.67. The molecule has 13 heavy (non-hydrogen) atoms. The number of hydrogen-bond donors (Lipinski definition) is 1. The molecule has 1 fully saturated rings. The first-order chi connectivity index (χ1) is 6.36. The van der Waals surface area contributed by atoms with Crippen LogP contribution in [0.3, 0.4) is 0 Å². The Hall–Kier alpha value is -1.13. The number of anilines is 1. The van der Waals surface area contributed by atoms with Gasteiger partial charge in [-0.05, 0) is 12.1 Å². The molecule has 4 heteroatoms. The zero-order valence-electron chi connectivity index (χ0n) is 7.39. The Morgan fingerprint density at radius 3 is 3.15 bits per heavy atom. The number of nitrogens with two attached hydrogens (primary N) is 1. The van der Waals surface area contributed by atoms with Gasteiger partial charge in [0.2, 0.25) is 0 Å². The van der Waals surface area contributed by atoms with E-state index in [0.29, 0.717) is 6.61 Å². The maximum absolute atomic E-state index is 5.67. The minimum Gasteiger partial charge on any atom is -0.360 e. The van der Waals surface area contributed by atoms with Gasteiger partial charge in [0.15, 0.2) is 0 Å². The van der Waals surface area contributed by atoms with E-state index in [1.165, 1.54) is 0 Å². The van der Waals surface area contributed by atoms with Gasteiger partial charge in [-0.15, -0.1) is 0 Å². The number of nitrogens with zero attached hydrogens (tertiary/aromatic N) is 2. The Morgan fingerprint density at radius 2 is 2.46 bits per heavy atom. The lowest BCUT2D eigenvalue weighted by molar-refractivity contribution is 0.0449. The lowest BCUT2D eigenvalue weighted by atomic mass is 10.3. The molecule has 0 saturated carbocycles. The fourth-order valence-corrected chi connectivity index (χ4v) is 1.42. The van der Waals surface area contributed by atoms with Crippen molar-refractivity contribution in [2.75, 3.05) is 24.6 Å². The first kappa shape index (κ1) is 8.47. The molecule has 1 unspecified atom stereocenters. The third kappa shape index (κ3) is 1.96. The molecule has 0 spiro atoms. The second-order valence-electron chi connectivity index (χ2n) is 3.04. The number of pyridine rings is 1. The van der Waals surface area contributed by atoms with E-state index in [1.807, 2.05) is 18.2 Å². The molecule has 1 atom stereocenters. The molecule has 0 aliphatic carbocycles. The van der Waals surface area contributed by atoms with E-state index in [4.69, 9.17) is 10.5 Å². The van der Waals surface area contributed by atoms with E-state index < -0.39 is 0 Å². The molecule has 1 aliphatic rings. The lowest BCUT2D eigenvalue weighted by Crippen LogP contribution is -2.47. The van der Waals surface area contributed by atoms with E-state index in [-0.39, 0.29) is 6.23 Å². The number of morpholine rings is 1. The fraction of sp³-hybridized carbons (Fsp3) is 0.444. The average Bonchev–Trinajstić information content (AvgIpc) is 2.19. The van der Waals surface area contributed by atoms with Crippen molar-refractivity contribution in [3.05, 3.63) is 24.4 Å². The van der Waals surface area contributed by atoms with Crippen LogP contribution in [0.1, 0.15) is 0 Å². The van der Waals surface area contributed by atoms with Crippen molar-refractivity contribution < 1.29 is 4.74 Å². The highest BCUT2D eigenvalue weighted by molar-refractivity contribution is 5.38. The molecule has 2 heterocycles. The molecule has 1 aromatic rings. The average molecular weight is 179 g/mol. The molecule has 70 valence electrons. The van der Waals surface area contributed by atoms with Crippen LogP contribution in [0.25, 0.3) is 0 Å². The van der Waals surface area contributed by atoms with Crippen LogP contribution in [0.4, 0.5) is 5.82 Å². The molecule has 1 saturated heterocycles. The van der Waals surface area contributed by atoms with Crippen LogP contribution < -0.4 is 10.6 Å². The molecule has 0 radical (unpaired) electrons. The van der Waals surface area contributed by atoms with Gasteiger partial charge in [-0.2, -0.15) is 0 Å². The van der Waals surface area contributed by atoms with E-state index in [0.717, 1.165) is 18.9 Å². The molecule has 0 bridgehead atoms. The summed E-state index contributed by atoms with van der Waals surface area (Å²) in [6.45, 7) is 2.26. The Kier molecular flexibility index (Phi) is 2.42. The second-order valence-corrected chi connectivity index (χ2v) is 3.04. The molecule has 0 amide bonds. The fourth-order valence-electron chi connectivity index (χ4n) is 1.42. The summed E-state index contributed by atoms with van der Waals surface area (Å²) in [5.41, 5.74) is 5.67. The zero-order chi connectivity index (χ0) is 9.10. The first-order valence-electron chi connectivity index (χ1n) is 4.39. The van der Waals surface area contributed by atoms with E-state index in [1.54, 1.807) is 6.20 Å². The molecule has 1 aliphatic heterocycles. The quantitative estimate of drug-likeness (QED) is 0.669. The van der Waals surface area contributed by atoms with Crippen molar-refractivity contribution in [1.82, 2.24) is 4.98 Å². The third-order valence-electron chi connectivity index (χ3n) is 2.07. The highest BCUT2D eigenvalue weighted by Gasteiger charge is 2.17. The minimum atomic E-state index is -0.184. The third-order valence-corrected chi connectivity index (χ3v) is 2.07. The summed E-state index contributed by atoms with van der Waals surface area (Å²) in [5, 5.41) is 0. The number of rotatable bonds is 1. The van der Waals surface area contributed by atoms with Crippen LogP contribution in [0, 0.1) is 0 Å². The Labute approximate surface area is 77.3 Å². The highest BCUT2D eigenvalue weighted by atomic mass is 16.5. The summed E-state index contributed by atoms with van der Waals surface area (Å²) in [6, 6.07) is 5.87. The van der Waals surface area contributed by atoms with Gasteiger partial charge in [-0.3, -0.25) is 0 Å². The second kappa shape index (κ2) is 3.72. The Balaban J connectivity index is 2.08. The summed E-state index contributed by atoms with van der Waals surface area (Å²) >= 11 is 0. The number of hydrogen-bond acceptors (Lipinski definition) is 4. The molecular formula is C9H13N3O. The predicted molar refractivity (Wildman–Crippen MR) is 50.4 cm³/mol. The number of aromatic nitrogens is 1. The van der Waals surface area contributed by atoms with Crippen molar-refractivity contribution in [2.24, 2.45) is 5.73 Å². The minimum absolute atomic E-state index is 0.184. The zero-order valence-corrected chi connectivity index (χ0v) is 7.39. The summed E-state index contributed by atoms with van der Waals surface area (Å²) in [4.78, 5) is 6.38. The molecule has 2 rings (SSSR count). The van der Waals surface area contributed by atoms with Gasteiger partial charge in [-0.25, -0.2) is 4.98 Å². The molecular weight excluding hydrogens is 166 g/mol.